The Bertz CT molecular complexity index is 2020. The van der Waals surface area contributed by atoms with Crippen molar-refractivity contribution in [3.05, 3.63) is 166 Å². The summed E-state index contributed by atoms with van der Waals surface area (Å²) in [5.74, 6) is 0. The number of benzene rings is 6. The molecule has 0 heterocycles. The minimum Gasteiger partial charge on any atom is -0.310 e. The summed E-state index contributed by atoms with van der Waals surface area (Å²) >= 11 is 0. The SMILES string of the molecule is CCCCc1ccc(N(c2ccc(C)c(C)c2)c2ccc(-c3ccc(N(c4ccccc4)c4ccc(C)c(C)c4)c(C)c3)cc2C)cc1. The van der Waals surface area contributed by atoms with Gasteiger partial charge in [0.15, 0.2) is 0 Å². The molecule has 0 N–H and O–H groups in total. The van der Waals surface area contributed by atoms with Crippen molar-refractivity contribution in [2.24, 2.45) is 0 Å². The molecule has 0 bridgehead atoms. The molecule has 0 spiro atoms. The smallest absolute Gasteiger partial charge is 0.0491 e. The van der Waals surface area contributed by atoms with Crippen molar-refractivity contribution in [2.45, 2.75) is 67.7 Å². The first kappa shape index (κ1) is 32.8. The third-order valence-electron chi connectivity index (χ3n) is 9.73. The third-order valence-corrected chi connectivity index (χ3v) is 9.73. The Hall–Kier alpha value is -5.08. The van der Waals surface area contributed by atoms with E-state index in [9.17, 15) is 0 Å². The Morgan fingerprint density at radius 3 is 1.29 bits per heavy atom. The third kappa shape index (κ3) is 6.94. The number of rotatable bonds is 10. The average Bonchev–Trinajstić information content (AvgIpc) is 3.09. The lowest BCUT2D eigenvalue weighted by Crippen LogP contribution is -2.12. The maximum absolute atomic E-state index is 2.41. The Kier molecular flexibility index (Phi) is 9.82. The lowest BCUT2D eigenvalue weighted by atomic mass is 9.98. The molecule has 0 aliphatic heterocycles. The van der Waals surface area contributed by atoms with Crippen LogP contribution < -0.4 is 9.80 Å². The number of para-hydroxylation sites is 1. The molecule has 0 saturated carbocycles. The number of nitrogens with zero attached hydrogens (tertiary/aromatic N) is 2. The van der Waals surface area contributed by atoms with Gasteiger partial charge in [0.1, 0.15) is 0 Å². The van der Waals surface area contributed by atoms with Crippen LogP contribution in [0.2, 0.25) is 0 Å². The predicted octanol–water partition coefficient (Wildman–Crippen LogP) is 13.5. The summed E-state index contributed by atoms with van der Waals surface area (Å²) < 4.78 is 0. The summed E-state index contributed by atoms with van der Waals surface area (Å²) in [5, 5.41) is 0. The quantitative estimate of drug-likeness (QED) is 0.149. The van der Waals surface area contributed by atoms with Crippen molar-refractivity contribution in [3.8, 4) is 11.1 Å². The Balaban J connectivity index is 1.37. The zero-order chi connectivity index (χ0) is 33.8. The van der Waals surface area contributed by atoms with Gasteiger partial charge in [-0.1, -0.05) is 67.9 Å². The van der Waals surface area contributed by atoms with Crippen LogP contribution in [-0.2, 0) is 6.42 Å². The number of hydrogen-bond acceptors (Lipinski definition) is 2. The highest BCUT2D eigenvalue weighted by Crippen LogP contribution is 2.41. The maximum atomic E-state index is 2.41. The summed E-state index contributed by atoms with van der Waals surface area (Å²) in [6.07, 6.45) is 3.55. The highest BCUT2D eigenvalue weighted by atomic mass is 15.1. The minimum atomic E-state index is 1.13. The van der Waals surface area contributed by atoms with Crippen LogP contribution in [0, 0.1) is 41.5 Å². The fourth-order valence-electron chi connectivity index (χ4n) is 6.53. The molecule has 0 saturated heterocycles. The molecule has 6 aromatic rings. The van der Waals surface area contributed by atoms with Gasteiger partial charge in [0.2, 0.25) is 0 Å². The molecule has 2 nitrogen and oxygen atoms in total. The standard InChI is InChI=1S/C46H48N2/c1-8-9-13-38-18-24-42(25-19-38)48(44-23-17-33(3)35(5)31-44)46-27-21-40(29-37(46)7)39-20-26-45(36(6)28-39)47(41-14-11-10-12-15-41)43-22-16-32(2)34(4)30-43/h10-12,14-31H,8-9,13H2,1-7H3. The van der Waals surface area contributed by atoms with E-state index in [0.29, 0.717) is 0 Å². The second-order valence-electron chi connectivity index (χ2n) is 13.3. The monoisotopic (exact) mass is 628 g/mol. The number of hydrogen-bond donors (Lipinski definition) is 0. The maximum Gasteiger partial charge on any atom is 0.0491 e. The number of anilines is 6. The first-order valence-corrected chi connectivity index (χ1v) is 17.3. The summed E-state index contributed by atoms with van der Waals surface area (Å²) in [6, 6.07) is 47.1. The molecule has 0 fully saturated rings. The Morgan fingerprint density at radius 2 is 0.854 bits per heavy atom. The minimum absolute atomic E-state index is 1.13. The number of unbranched alkanes of at least 4 members (excludes halogenated alkanes) is 1. The summed E-state index contributed by atoms with van der Waals surface area (Å²) in [6.45, 7) is 15.5. The molecule has 0 aromatic heterocycles. The molecule has 0 aliphatic rings. The van der Waals surface area contributed by atoms with Crippen LogP contribution in [0.25, 0.3) is 11.1 Å². The van der Waals surface area contributed by atoms with Crippen LogP contribution in [0.15, 0.2) is 127 Å². The fourth-order valence-corrected chi connectivity index (χ4v) is 6.53. The van der Waals surface area contributed by atoms with E-state index < -0.39 is 0 Å². The number of aryl methyl sites for hydroxylation is 7. The first-order chi connectivity index (χ1) is 23.2. The van der Waals surface area contributed by atoms with Crippen LogP contribution in [0.5, 0.6) is 0 Å². The van der Waals surface area contributed by atoms with Crippen molar-refractivity contribution >= 4 is 34.1 Å². The Labute approximate surface area is 288 Å². The second-order valence-corrected chi connectivity index (χ2v) is 13.3. The lowest BCUT2D eigenvalue weighted by molar-refractivity contribution is 0.795. The van der Waals surface area contributed by atoms with Crippen molar-refractivity contribution < 1.29 is 0 Å². The van der Waals surface area contributed by atoms with Gasteiger partial charge >= 0.3 is 0 Å². The molecule has 0 amide bonds. The van der Waals surface area contributed by atoms with E-state index in [4.69, 9.17) is 0 Å². The van der Waals surface area contributed by atoms with E-state index in [0.717, 1.165) is 12.1 Å². The normalized spacial score (nSPS) is 11.1. The van der Waals surface area contributed by atoms with Crippen LogP contribution in [0.4, 0.5) is 34.1 Å². The Morgan fingerprint density at radius 1 is 0.396 bits per heavy atom. The topological polar surface area (TPSA) is 6.48 Å². The van der Waals surface area contributed by atoms with Crippen LogP contribution in [0.1, 0.15) is 58.7 Å². The second kappa shape index (κ2) is 14.4. The average molecular weight is 629 g/mol. The summed E-state index contributed by atoms with van der Waals surface area (Å²) in [7, 11) is 0. The highest BCUT2D eigenvalue weighted by Gasteiger charge is 2.18. The van der Waals surface area contributed by atoms with Gasteiger partial charge in [-0.15, -0.1) is 0 Å². The molecule has 0 atom stereocenters. The molecule has 0 radical (unpaired) electrons. The van der Waals surface area contributed by atoms with Crippen molar-refractivity contribution in [2.75, 3.05) is 9.80 Å². The molecule has 48 heavy (non-hydrogen) atoms. The van der Waals surface area contributed by atoms with Gasteiger partial charge < -0.3 is 9.80 Å². The zero-order valence-corrected chi connectivity index (χ0v) is 29.6. The van der Waals surface area contributed by atoms with Gasteiger partial charge in [0.25, 0.3) is 0 Å². The van der Waals surface area contributed by atoms with Crippen LogP contribution >= 0.6 is 0 Å². The van der Waals surface area contributed by atoms with Crippen molar-refractivity contribution in [1.29, 1.82) is 0 Å². The molecule has 2 heteroatoms. The van der Waals surface area contributed by atoms with Gasteiger partial charge in [-0.3, -0.25) is 0 Å². The van der Waals surface area contributed by atoms with Crippen molar-refractivity contribution in [3.63, 3.8) is 0 Å². The van der Waals surface area contributed by atoms with E-state index in [1.807, 2.05) is 0 Å². The van der Waals surface area contributed by atoms with Gasteiger partial charge in [0.05, 0.1) is 0 Å². The predicted molar refractivity (Wildman–Crippen MR) is 208 cm³/mol. The van der Waals surface area contributed by atoms with Gasteiger partial charge in [-0.25, -0.2) is 0 Å². The molecule has 0 aliphatic carbocycles. The van der Waals surface area contributed by atoms with Crippen LogP contribution in [0.3, 0.4) is 0 Å². The van der Waals surface area contributed by atoms with E-state index in [1.54, 1.807) is 0 Å². The van der Waals surface area contributed by atoms with Crippen molar-refractivity contribution in [1.82, 2.24) is 0 Å². The molecule has 6 aromatic carbocycles. The first-order valence-electron chi connectivity index (χ1n) is 17.3. The summed E-state index contributed by atoms with van der Waals surface area (Å²) in [4.78, 5) is 4.78. The molecular formula is C46H48N2. The fraction of sp³-hybridized carbons (Fsp3) is 0.217. The lowest BCUT2D eigenvalue weighted by Gasteiger charge is -2.29. The molecular weight excluding hydrogens is 581 g/mol. The van der Waals surface area contributed by atoms with E-state index in [-0.39, 0.29) is 0 Å². The van der Waals surface area contributed by atoms with Gasteiger partial charge in [-0.05, 0) is 177 Å². The zero-order valence-electron chi connectivity index (χ0n) is 29.6. The van der Waals surface area contributed by atoms with Gasteiger partial charge in [0, 0.05) is 34.1 Å². The van der Waals surface area contributed by atoms with E-state index in [2.05, 4.69) is 186 Å². The summed E-state index contributed by atoms with van der Waals surface area (Å²) in [5.41, 5.74) is 18.6. The van der Waals surface area contributed by atoms with E-state index in [1.165, 1.54) is 91.3 Å². The van der Waals surface area contributed by atoms with Crippen LogP contribution in [-0.4, -0.2) is 0 Å². The highest BCUT2D eigenvalue weighted by molar-refractivity contribution is 5.83. The largest absolute Gasteiger partial charge is 0.310 e. The molecule has 6 rings (SSSR count). The van der Waals surface area contributed by atoms with Gasteiger partial charge in [-0.2, -0.15) is 0 Å². The van der Waals surface area contributed by atoms with E-state index >= 15 is 0 Å². The molecule has 242 valence electrons. The molecule has 0 unspecified atom stereocenters.